The lowest BCUT2D eigenvalue weighted by molar-refractivity contribution is 0.287. The van der Waals surface area contributed by atoms with Crippen LogP contribution in [0.2, 0.25) is 0 Å². The van der Waals surface area contributed by atoms with Crippen molar-refractivity contribution in [3.8, 4) is 11.4 Å². The minimum absolute atomic E-state index is 0.0190. The Hall–Kier alpha value is -1.27. The lowest BCUT2D eigenvalue weighted by atomic mass is 9.84. The predicted molar refractivity (Wildman–Crippen MR) is 83.3 cm³/mol. The second kappa shape index (κ2) is 6.23. The van der Waals surface area contributed by atoms with Gasteiger partial charge < -0.3 is 10.3 Å². The molecule has 1 aromatic heterocycles. The number of aromatic nitrogens is 2. The Morgan fingerprint density at radius 3 is 2.67 bits per heavy atom. The zero-order valence-corrected chi connectivity index (χ0v) is 13.9. The standard InChI is InChI=1S/C15H19BrFN3O/c1-15(2,3)7-9(8-18)14-19-13(20-21-14)11-5-4-10(17)6-12(11)16/h4-6,9H,7-8,18H2,1-3H3. The summed E-state index contributed by atoms with van der Waals surface area (Å²) in [6.07, 6.45) is 0.857. The fourth-order valence-electron chi connectivity index (χ4n) is 2.19. The van der Waals surface area contributed by atoms with E-state index in [9.17, 15) is 4.39 Å². The maximum absolute atomic E-state index is 13.1. The summed E-state index contributed by atoms with van der Waals surface area (Å²) in [7, 11) is 0. The maximum atomic E-state index is 13.1. The first-order valence-electron chi connectivity index (χ1n) is 6.79. The molecule has 6 heteroatoms. The van der Waals surface area contributed by atoms with Crippen LogP contribution in [0.15, 0.2) is 27.2 Å². The molecule has 0 aliphatic heterocycles. The van der Waals surface area contributed by atoms with Crippen LogP contribution in [0.4, 0.5) is 4.39 Å². The van der Waals surface area contributed by atoms with Crippen LogP contribution in [0, 0.1) is 11.2 Å². The number of halogens is 2. The van der Waals surface area contributed by atoms with Crippen LogP contribution in [0.3, 0.4) is 0 Å². The smallest absolute Gasteiger partial charge is 0.231 e. The molecule has 1 atom stereocenters. The molecule has 21 heavy (non-hydrogen) atoms. The molecule has 4 nitrogen and oxygen atoms in total. The van der Waals surface area contributed by atoms with Gasteiger partial charge in [-0.15, -0.1) is 0 Å². The van der Waals surface area contributed by atoms with Gasteiger partial charge in [0, 0.05) is 16.6 Å². The van der Waals surface area contributed by atoms with E-state index in [-0.39, 0.29) is 17.2 Å². The Kier molecular flexibility index (Phi) is 4.78. The van der Waals surface area contributed by atoms with Gasteiger partial charge in [0.05, 0.1) is 5.92 Å². The summed E-state index contributed by atoms with van der Waals surface area (Å²) in [5.41, 5.74) is 6.64. The van der Waals surface area contributed by atoms with E-state index in [1.54, 1.807) is 6.07 Å². The molecule has 0 spiro atoms. The number of nitrogens with two attached hydrogens (primary N) is 1. The highest BCUT2D eigenvalue weighted by Crippen LogP contribution is 2.32. The highest BCUT2D eigenvalue weighted by atomic mass is 79.9. The van der Waals surface area contributed by atoms with Crippen LogP contribution in [0.1, 0.15) is 39.0 Å². The van der Waals surface area contributed by atoms with Gasteiger partial charge in [0.2, 0.25) is 11.7 Å². The van der Waals surface area contributed by atoms with E-state index >= 15 is 0 Å². The molecule has 0 bridgehead atoms. The first-order valence-corrected chi connectivity index (χ1v) is 7.58. The largest absolute Gasteiger partial charge is 0.339 e. The molecule has 1 unspecified atom stereocenters. The molecule has 1 aromatic carbocycles. The number of benzene rings is 1. The van der Waals surface area contributed by atoms with E-state index in [1.165, 1.54) is 12.1 Å². The van der Waals surface area contributed by atoms with Crippen LogP contribution in [-0.4, -0.2) is 16.7 Å². The quantitative estimate of drug-likeness (QED) is 0.895. The molecule has 2 aromatic rings. The Labute approximate surface area is 132 Å². The van der Waals surface area contributed by atoms with Gasteiger partial charge in [-0.25, -0.2) is 4.39 Å². The van der Waals surface area contributed by atoms with Crippen molar-refractivity contribution in [2.45, 2.75) is 33.1 Å². The first-order chi connectivity index (χ1) is 9.80. The molecule has 0 aliphatic carbocycles. The third-order valence-corrected chi connectivity index (χ3v) is 3.76. The van der Waals surface area contributed by atoms with Crippen molar-refractivity contribution in [1.82, 2.24) is 10.1 Å². The lowest BCUT2D eigenvalue weighted by Gasteiger charge is -2.22. The molecular weight excluding hydrogens is 337 g/mol. The van der Waals surface area contributed by atoms with Gasteiger partial charge in [0.1, 0.15) is 5.82 Å². The summed E-state index contributed by atoms with van der Waals surface area (Å²) in [5.74, 6) is 0.662. The van der Waals surface area contributed by atoms with Crippen molar-refractivity contribution in [2.24, 2.45) is 11.1 Å². The van der Waals surface area contributed by atoms with Crippen LogP contribution < -0.4 is 5.73 Å². The van der Waals surface area contributed by atoms with E-state index in [0.29, 0.717) is 28.3 Å². The Balaban J connectivity index is 2.28. The Bertz CT molecular complexity index is 622. The topological polar surface area (TPSA) is 64.9 Å². The molecule has 0 saturated carbocycles. The maximum Gasteiger partial charge on any atom is 0.231 e. The molecule has 2 N–H and O–H groups in total. The van der Waals surface area contributed by atoms with Gasteiger partial charge in [-0.2, -0.15) is 4.98 Å². The van der Waals surface area contributed by atoms with Crippen molar-refractivity contribution in [2.75, 3.05) is 6.54 Å². The van der Waals surface area contributed by atoms with Crippen molar-refractivity contribution in [1.29, 1.82) is 0 Å². The van der Waals surface area contributed by atoms with Crippen LogP contribution in [0.5, 0.6) is 0 Å². The van der Waals surface area contributed by atoms with E-state index in [1.807, 2.05) is 0 Å². The summed E-state index contributed by atoms with van der Waals surface area (Å²) in [5, 5.41) is 3.98. The summed E-state index contributed by atoms with van der Waals surface area (Å²) >= 11 is 3.31. The number of hydrogen-bond acceptors (Lipinski definition) is 4. The second-order valence-electron chi connectivity index (χ2n) is 6.28. The highest BCUT2D eigenvalue weighted by Gasteiger charge is 2.24. The van der Waals surface area contributed by atoms with Crippen molar-refractivity contribution in [3.05, 3.63) is 34.4 Å². The zero-order chi connectivity index (χ0) is 15.6. The van der Waals surface area contributed by atoms with Crippen LogP contribution in [0.25, 0.3) is 11.4 Å². The van der Waals surface area contributed by atoms with Gasteiger partial charge in [0.15, 0.2) is 0 Å². The minimum atomic E-state index is -0.318. The summed E-state index contributed by atoms with van der Waals surface area (Å²) < 4.78 is 19.1. The lowest BCUT2D eigenvalue weighted by Crippen LogP contribution is -2.19. The normalized spacial score (nSPS) is 13.4. The Morgan fingerprint density at radius 1 is 1.38 bits per heavy atom. The van der Waals surface area contributed by atoms with Crippen LogP contribution in [-0.2, 0) is 0 Å². The zero-order valence-electron chi connectivity index (χ0n) is 12.4. The molecule has 0 fully saturated rings. The Morgan fingerprint density at radius 2 is 2.10 bits per heavy atom. The average molecular weight is 356 g/mol. The monoisotopic (exact) mass is 355 g/mol. The van der Waals surface area contributed by atoms with Gasteiger partial charge in [-0.1, -0.05) is 25.9 Å². The third kappa shape index (κ3) is 4.11. The molecular formula is C15H19BrFN3O. The van der Waals surface area contributed by atoms with Crippen molar-refractivity contribution < 1.29 is 8.91 Å². The van der Waals surface area contributed by atoms with Gasteiger partial charge >= 0.3 is 0 Å². The molecule has 0 saturated heterocycles. The fourth-order valence-corrected chi connectivity index (χ4v) is 2.72. The van der Waals surface area contributed by atoms with Crippen molar-refractivity contribution >= 4 is 15.9 Å². The summed E-state index contributed by atoms with van der Waals surface area (Å²) in [4.78, 5) is 4.42. The van der Waals surface area contributed by atoms with Gasteiger partial charge in [-0.05, 0) is 46.0 Å². The van der Waals surface area contributed by atoms with Crippen LogP contribution >= 0.6 is 15.9 Å². The highest BCUT2D eigenvalue weighted by molar-refractivity contribution is 9.10. The minimum Gasteiger partial charge on any atom is -0.339 e. The van der Waals surface area contributed by atoms with E-state index in [2.05, 4.69) is 46.8 Å². The second-order valence-corrected chi connectivity index (χ2v) is 7.13. The average Bonchev–Trinajstić information content (AvgIpc) is 2.84. The predicted octanol–water partition coefficient (Wildman–Crippen LogP) is 4.12. The fraction of sp³-hybridized carbons (Fsp3) is 0.467. The van der Waals surface area contributed by atoms with E-state index in [4.69, 9.17) is 10.3 Å². The molecule has 0 aliphatic rings. The van der Waals surface area contributed by atoms with Crippen molar-refractivity contribution in [3.63, 3.8) is 0 Å². The molecule has 0 radical (unpaired) electrons. The van der Waals surface area contributed by atoms with Gasteiger partial charge in [-0.3, -0.25) is 0 Å². The summed E-state index contributed by atoms with van der Waals surface area (Å²) in [6.45, 7) is 6.87. The molecule has 0 amide bonds. The molecule has 1 heterocycles. The number of rotatable bonds is 4. The first kappa shape index (κ1) is 16.1. The number of nitrogens with zero attached hydrogens (tertiary/aromatic N) is 2. The van der Waals surface area contributed by atoms with Gasteiger partial charge in [0.25, 0.3) is 0 Å². The van der Waals surface area contributed by atoms with E-state index in [0.717, 1.165) is 6.42 Å². The summed E-state index contributed by atoms with van der Waals surface area (Å²) in [6, 6.07) is 4.36. The molecule has 2 rings (SSSR count). The SMILES string of the molecule is CC(C)(C)CC(CN)c1nc(-c2ccc(F)cc2Br)no1. The number of hydrogen-bond donors (Lipinski definition) is 1. The third-order valence-electron chi connectivity index (χ3n) is 3.11. The molecule has 114 valence electrons. The van der Waals surface area contributed by atoms with E-state index < -0.39 is 0 Å².